The number of nitrogens with one attached hydrogen (secondary N) is 2. The molecule has 3 rings (SSSR count). The summed E-state index contributed by atoms with van der Waals surface area (Å²) >= 11 is 0. The highest BCUT2D eigenvalue weighted by atomic mass is 35.5. The summed E-state index contributed by atoms with van der Waals surface area (Å²) in [6.07, 6.45) is 2.65. The highest BCUT2D eigenvalue weighted by molar-refractivity contribution is 7.91. The van der Waals surface area contributed by atoms with Crippen LogP contribution in [0.4, 0.5) is 10.1 Å². The van der Waals surface area contributed by atoms with Gasteiger partial charge in [-0.2, -0.15) is 0 Å². The molecule has 2 aliphatic rings. The van der Waals surface area contributed by atoms with Crippen molar-refractivity contribution < 1.29 is 12.8 Å². The van der Waals surface area contributed by atoms with Crippen LogP contribution in [0.3, 0.4) is 0 Å². The second-order valence-electron chi connectivity index (χ2n) is 5.45. The monoisotopic (exact) mass is 320 g/mol. The van der Waals surface area contributed by atoms with Crippen molar-refractivity contribution >= 4 is 27.9 Å². The second-order valence-corrected chi connectivity index (χ2v) is 7.58. The molecule has 0 aliphatic carbocycles. The van der Waals surface area contributed by atoms with E-state index < -0.39 is 20.6 Å². The minimum atomic E-state index is -3.25. The minimum Gasteiger partial charge on any atom is -0.368 e. The van der Waals surface area contributed by atoms with Crippen LogP contribution in [0.5, 0.6) is 0 Å². The number of anilines is 1. The molecule has 1 aromatic carbocycles. The van der Waals surface area contributed by atoms with Crippen LogP contribution in [-0.2, 0) is 15.3 Å². The van der Waals surface area contributed by atoms with E-state index in [9.17, 15) is 12.8 Å². The van der Waals surface area contributed by atoms with Crippen molar-refractivity contribution in [3.63, 3.8) is 0 Å². The number of hydrogen-bond acceptors (Lipinski definition) is 4. The fourth-order valence-electron chi connectivity index (χ4n) is 3.40. The molecule has 1 atom stereocenters. The van der Waals surface area contributed by atoms with E-state index in [1.807, 2.05) is 0 Å². The number of hydrogen-bond donors (Lipinski definition) is 2. The van der Waals surface area contributed by atoms with Crippen molar-refractivity contribution in [2.24, 2.45) is 0 Å². The summed E-state index contributed by atoms with van der Waals surface area (Å²) in [4.78, 5) is 0. The summed E-state index contributed by atoms with van der Waals surface area (Å²) in [7, 11) is -3.25. The Hall–Kier alpha value is -0.850. The van der Waals surface area contributed by atoms with Crippen LogP contribution in [0.15, 0.2) is 18.2 Å². The van der Waals surface area contributed by atoms with E-state index in [0.29, 0.717) is 12.8 Å². The molecule has 20 heavy (non-hydrogen) atoms. The van der Waals surface area contributed by atoms with Gasteiger partial charge in [0.1, 0.15) is 11.2 Å². The van der Waals surface area contributed by atoms with E-state index >= 15 is 0 Å². The molecule has 7 heteroatoms. The molecule has 0 amide bonds. The van der Waals surface area contributed by atoms with Crippen molar-refractivity contribution in [1.29, 1.82) is 0 Å². The number of piperidine rings is 1. The summed E-state index contributed by atoms with van der Waals surface area (Å²) in [5.74, 6) is -0.312. The van der Waals surface area contributed by atoms with Gasteiger partial charge in [0.05, 0.1) is 0 Å². The number of halogens is 2. The normalized spacial score (nSPS) is 23.8. The standard InChI is InChI=1S/C13H17FN2O2S.ClH/c1-19(17,18)12-13(4-6-15-7-5-13)10-8-9(14)2-3-11(10)16-12;/h2-3,8,12,15-16H,4-7H2,1H3;1H. The van der Waals surface area contributed by atoms with Crippen LogP contribution in [0.2, 0.25) is 0 Å². The summed E-state index contributed by atoms with van der Waals surface area (Å²) in [6.45, 7) is 1.51. The average molecular weight is 321 g/mol. The van der Waals surface area contributed by atoms with Gasteiger partial charge in [-0.3, -0.25) is 0 Å². The lowest BCUT2D eigenvalue weighted by atomic mass is 9.74. The maximum atomic E-state index is 13.5. The van der Waals surface area contributed by atoms with Gasteiger partial charge >= 0.3 is 0 Å². The molecule has 4 nitrogen and oxygen atoms in total. The first-order valence-corrected chi connectivity index (χ1v) is 8.35. The Bertz CT molecular complexity index is 615. The van der Waals surface area contributed by atoms with Crippen LogP contribution in [0, 0.1) is 5.82 Å². The van der Waals surface area contributed by atoms with Gasteiger partial charge in [-0.05, 0) is 49.7 Å². The van der Waals surface area contributed by atoms with Gasteiger partial charge in [0.2, 0.25) is 0 Å². The average Bonchev–Trinajstić information content (AvgIpc) is 2.65. The third-order valence-corrected chi connectivity index (χ3v) is 5.66. The first-order chi connectivity index (χ1) is 8.93. The molecule has 2 N–H and O–H groups in total. The largest absolute Gasteiger partial charge is 0.368 e. The molecule has 2 heterocycles. The molecule has 1 aromatic rings. The Kier molecular flexibility index (Phi) is 4.01. The van der Waals surface area contributed by atoms with Gasteiger partial charge in [0.15, 0.2) is 9.84 Å². The van der Waals surface area contributed by atoms with Gasteiger partial charge < -0.3 is 10.6 Å². The third kappa shape index (κ3) is 2.29. The van der Waals surface area contributed by atoms with Crippen molar-refractivity contribution in [2.45, 2.75) is 23.6 Å². The van der Waals surface area contributed by atoms with E-state index in [0.717, 1.165) is 24.3 Å². The van der Waals surface area contributed by atoms with Crippen molar-refractivity contribution in [2.75, 3.05) is 24.7 Å². The molecule has 0 saturated carbocycles. The molecule has 1 saturated heterocycles. The lowest BCUT2D eigenvalue weighted by molar-refractivity contribution is 0.314. The van der Waals surface area contributed by atoms with Crippen LogP contribution in [0.25, 0.3) is 0 Å². The van der Waals surface area contributed by atoms with Crippen LogP contribution in [-0.4, -0.2) is 33.1 Å². The first-order valence-electron chi connectivity index (χ1n) is 6.40. The molecule has 0 aromatic heterocycles. The summed E-state index contributed by atoms with van der Waals surface area (Å²) in [6, 6.07) is 4.49. The fraction of sp³-hybridized carbons (Fsp3) is 0.538. The molecule has 1 spiro atoms. The van der Waals surface area contributed by atoms with E-state index in [1.165, 1.54) is 18.4 Å². The Balaban J connectivity index is 0.00000147. The molecule has 112 valence electrons. The zero-order valence-electron chi connectivity index (χ0n) is 11.1. The van der Waals surface area contributed by atoms with Crippen molar-refractivity contribution in [3.05, 3.63) is 29.6 Å². The molecular weight excluding hydrogens is 303 g/mol. The predicted octanol–water partition coefficient (Wildman–Crippen LogP) is 1.66. The quantitative estimate of drug-likeness (QED) is 0.826. The van der Waals surface area contributed by atoms with Gasteiger partial charge in [-0.15, -0.1) is 12.4 Å². The Morgan fingerprint density at radius 1 is 1.30 bits per heavy atom. The van der Waals surface area contributed by atoms with Crippen molar-refractivity contribution in [1.82, 2.24) is 5.32 Å². The van der Waals surface area contributed by atoms with Gasteiger partial charge in [0.25, 0.3) is 0 Å². The molecular formula is C13H18ClFN2O2S. The van der Waals surface area contributed by atoms with E-state index in [4.69, 9.17) is 0 Å². The number of benzene rings is 1. The highest BCUT2D eigenvalue weighted by Crippen LogP contribution is 2.48. The molecule has 0 bridgehead atoms. The maximum absolute atomic E-state index is 13.5. The smallest absolute Gasteiger partial charge is 0.169 e. The first kappa shape index (κ1) is 15.5. The predicted molar refractivity (Wildman–Crippen MR) is 79.7 cm³/mol. The van der Waals surface area contributed by atoms with E-state index in [-0.39, 0.29) is 18.2 Å². The van der Waals surface area contributed by atoms with Crippen molar-refractivity contribution in [3.8, 4) is 0 Å². The molecule has 1 unspecified atom stereocenters. The van der Waals surface area contributed by atoms with E-state index in [2.05, 4.69) is 10.6 Å². The summed E-state index contributed by atoms with van der Waals surface area (Å²) in [5.41, 5.74) is 1.05. The molecule has 0 radical (unpaired) electrons. The van der Waals surface area contributed by atoms with Crippen LogP contribution in [0.1, 0.15) is 18.4 Å². The summed E-state index contributed by atoms with van der Waals surface area (Å²) in [5, 5.41) is 5.66. The molecule has 2 aliphatic heterocycles. The zero-order valence-corrected chi connectivity index (χ0v) is 12.8. The lowest BCUT2D eigenvalue weighted by Crippen LogP contribution is -2.50. The Labute approximate surface area is 124 Å². The maximum Gasteiger partial charge on any atom is 0.169 e. The Morgan fingerprint density at radius 3 is 2.55 bits per heavy atom. The zero-order chi connectivity index (χ0) is 13.7. The van der Waals surface area contributed by atoms with E-state index in [1.54, 1.807) is 6.07 Å². The second kappa shape index (κ2) is 5.16. The minimum absolute atomic E-state index is 0. The van der Waals surface area contributed by atoms with Crippen LogP contribution < -0.4 is 10.6 Å². The number of fused-ring (bicyclic) bond motifs is 2. The number of sulfone groups is 1. The highest BCUT2D eigenvalue weighted by Gasteiger charge is 2.51. The number of rotatable bonds is 1. The van der Waals surface area contributed by atoms with Gasteiger partial charge in [0, 0.05) is 17.4 Å². The topological polar surface area (TPSA) is 58.2 Å². The lowest BCUT2D eigenvalue weighted by Gasteiger charge is -2.38. The SMILES string of the molecule is CS(=O)(=O)C1Nc2ccc(F)cc2C12CCNCC2.Cl. The fourth-order valence-corrected chi connectivity index (χ4v) is 4.92. The van der Waals surface area contributed by atoms with Gasteiger partial charge in [-0.1, -0.05) is 0 Å². The van der Waals surface area contributed by atoms with Crippen LogP contribution >= 0.6 is 12.4 Å². The third-order valence-electron chi connectivity index (χ3n) is 4.23. The van der Waals surface area contributed by atoms with Gasteiger partial charge in [-0.25, -0.2) is 12.8 Å². The summed E-state index contributed by atoms with van der Waals surface area (Å²) < 4.78 is 37.7. The molecule has 1 fully saturated rings. The Morgan fingerprint density at radius 2 is 1.95 bits per heavy atom.